The zero-order chi connectivity index (χ0) is 11.9. The van der Waals surface area contributed by atoms with E-state index in [2.05, 4.69) is 30.5 Å². The number of para-hydroxylation sites is 1. The maximum Gasteiger partial charge on any atom is 0.249 e. The van der Waals surface area contributed by atoms with E-state index < -0.39 is 5.54 Å². The molecule has 1 aromatic rings. The molecule has 2 N–H and O–H groups in total. The first kappa shape index (κ1) is 11.0. The molecule has 0 spiro atoms. The fourth-order valence-corrected chi connectivity index (χ4v) is 1.96. The van der Waals surface area contributed by atoms with Gasteiger partial charge in [-0.3, -0.25) is 4.79 Å². The van der Waals surface area contributed by atoms with E-state index >= 15 is 0 Å². The summed E-state index contributed by atoms with van der Waals surface area (Å²) in [6.45, 7) is 8.02. The molecule has 0 radical (unpaired) electrons. The van der Waals surface area contributed by atoms with Crippen LogP contribution in [0.25, 0.3) is 0 Å². The van der Waals surface area contributed by atoms with Crippen molar-refractivity contribution in [3.05, 3.63) is 23.8 Å². The zero-order valence-electron chi connectivity index (χ0n) is 10.2. The molecule has 86 valence electrons. The summed E-state index contributed by atoms with van der Waals surface area (Å²) in [5.41, 5.74) is 2.58. The highest BCUT2D eigenvalue weighted by molar-refractivity contribution is 6.06. The summed E-state index contributed by atoms with van der Waals surface area (Å²) in [5.74, 6) is 0.423. The number of hydrogen-bond donors (Lipinski definition) is 2. The van der Waals surface area contributed by atoms with Crippen molar-refractivity contribution >= 4 is 17.3 Å². The van der Waals surface area contributed by atoms with Crippen LogP contribution in [0.5, 0.6) is 0 Å². The minimum absolute atomic E-state index is 0.0214. The highest BCUT2D eigenvalue weighted by Crippen LogP contribution is 2.36. The quantitative estimate of drug-likeness (QED) is 0.761. The smallest absolute Gasteiger partial charge is 0.249 e. The number of hydrogen-bond acceptors (Lipinski definition) is 2. The lowest BCUT2D eigenvalue weighted by molar-refractivity contribution is -0.119. The maximum atomic E-state index is 11.9. The molecule has 1 aliphatic rings. The molecular weight excluding hydrogens is 200 g/mol. The highest BCUT2D eigenvalue weighted by atomic mass is 16.2. The van der Waals surface area contributed by atoms with Gasteiger partial charge in [0.25, 0.3) is 0 Å². The standard InChI is InChI=1S/C13H18N2O/c1-8(2)9-6-5-7-10-11(9)14-12(16)13(3,4)15-10/h5-8,15H,1-4H3,(H,14,16). The van der Waals surface area contributed by atoms with Crippen molar-refractivity contribution in [3.8, 4) is 0 Å². The van der Waals surface area contributed by atoms with Gasteiger partial charge in [0, 0.05) is 0 Å². The fraction of sp³-hybridized carbons (Fsp3) is 0.462. The van der Waals surface area contributed by atoms with Gasteiger partial charge >= 0.3 is 0 Å². The van der Waals surface area contributed by atoms with E-state index in [1.807, 2.05) is 26.0 Å². The largest absolute Gasteiger partial charge is 0.370 e. The van der Waals surface area contributed by atoms with E-state index in [-0.39, 0.29) is 5.91 Å². The lowest BCUT2D eigenvalue weighted by atomic mass is 9.94. The molecule has 0 unspecified atom stereocenters. The Balaban J connectivity index is 2.51. The van der Waals surface area contributed by atoms with Crippen LogP contribution < -0.4 is 10.6 Å². The number of carbonyl (C=O) groups is 1. The van der Waals surface area contributed by atoms with Crippen LogP contribution in [0.2, 0.25) is 0 Å². The van der Waals surface area contributed by atoms with Crippen molar-refractivity contribution in [1.82, 2.24) is 0 Å². The topological polar surface area (TPSA) is 41.1 Å². The molecular formula is C13H18N2O. The predicted molar refractivity (Wildman–Crippen MR) is 66.9 cm³/mol. The molecule has 0 saturated heterocycles. The summed E-state index contributed by atoms with van der Waals surface area (Å²) in [4.78, 5) is 11.9. The molecule has 1 aliphatic heterocycles. The van der Waals surface area contributed by atoms with E-state index in [0.29, 0.717) is 5.92 Å². The molecule has 0 atom stereocenters. The molecule has 0 fully saturated rings. The van der Waals surface area contributed by atoms with E-state index in [0.717, 1.165) is 11.4 Å². The van der Waals surface area contributed by atoms with E-state index in [9.17, 15) is 4.79 Å². The molecule has 0 bridgehead atoms. The average molecular weight is 218 g/mol. The molecule has 0 aliphatic carbocycles. The van der Waals surface area contributed by atoms with Crippen LogP contribution in [0.15, 0.2) is 18.2 Å². The molecule has 3 nitrogen and oxygen atoms in total. The third kappa shape index (κ3) is 1.66. The van der Waals surface area contributed by atoms with Crippen molar-refractivity contribution in [2.75, 3.05) is 10.6 Å². The van der Waals surface area contributed by atoms with Gasteiger partial charge in [0.1, 0.15) is 5.54 Å². The van der Waals surface area contributed by atoms with E-state index in [4.69, 9.17) is 0 Å². The van der Waals surface area contributed by atoms with Gasteiger partial charge in [-0.25, -0.2) is 0 Å². The summed E-state index contributed by atoms with van der Waals surface area (Å²) < 4.78 is 0. The van der Waals surface area contributed by atoms with E-state index in [1.165, 1.54) is 5.56 Å². The SMILES string of the molecule is CC(C)c1cccc2c1NC(=O)C(C)(C)N2. The normalized spacial score (nSPS) is 17.7. The number of benzene rings is 1. The zero-order valence-corrected chi connectivity index (χ0v) is 10.2. The average Bonchev–Trinajstić information content (AvgIpc) is 2.18. The first-order chi connectivity index (χ1) is 7.42. The molecule has 1 heterocycles. The van der Waals surface area contributed by atoms with Gasteiger partial charge in [-0.2, -0.15) is 0 Å². The number of nitrogens with one attached hydrogen (secondary N) is 2. The van der Waals surface area contributed by atoms with Gasteiger partial charge in [-0.05, 0) is 31.4 Å². The van der Waals surface area contributed by atoms with Crippen molar-refractivity contribution in [3.63, 3.8) is 0 Å². The van der Waals surface area contributed by atoms with Crippen molar-refractivity contribution in [1.29, 1.82) is 0 Å². The molecule has 0 aromatic heterocycles. The fourth-order valence-electron chi connectivity index (χ4n) is 1.96. The molecule has 2 rings (SSSR count). The van der Waals surface area contributed by atoms with Gasteiger partial charge in [-0.15, -0.1) is 0 Å². The van der Waals surface area contributed by atoms with Crippen molar-refractivity contribution in [2.45, 2.75) is 39.2 Å². The third-order valence-corrected chi connectivity index (χ3v) is 2.97. The van der Waals surface area contributed by atoms with Gasteiger partial charge in [0.2, 0.25) is 5.91 Å². The second kappa shape index (κ2) is 3.51. The number of carbonyl (C=O) groups excluding carboxylic acids is 1. The lowest BCUT2D eigenvalue weighted by Gasteiger charge is -2.34. The highest BCUT2D eigenvalue weighted by Gasteiger charge is 2.33. The van der Waals surface area contributed by atoms with Gasteiger partial charge < -0.3 is 10.6 Å². The number of anilines is 2. The van der Waals surface area contributed by atoms with Crippen LogP contribution >= 0.6 is 0 Å². The number of rotatable bonds is 1. The predicted octanol–water partition coefficient (Wildman–Crippen LogP) is 2.95. The minimum atomic E-state index is -0.539. The van der Waals surface area contributed by atoms with Gasteiger partial charge in [0.15, 0.2) is 0 Å². The third-order valence-electron chi connectivity index (χ3n) is 2.97. The van der Waals surface area contributed by atoms with Crippen molar-refractivity contribution < 1.29 is 4.79 Å². The monoisotopic (exact) mass is 218 g/mol. The number of amides is 1. The van der Waals surface area contributed by atoms with Gasteiger partial charge in [0.05, 0.1) is 11.4 Å². The number of fused-ring (bicyclic) bond motifs is 1. The Morgan fingerprint density at radius 1 is 1.25 bits per heavy atom. The van der Waals surface area contributed by atoms with Crippen LogP contribution in [-0.2, 0) is 4.79 Å². The van der Waals surface area contributed by atoms with Crippen LogP contribution in [0, 0.1) is 0 Å². The van der Waals surface area contributed by atoms with Crippen molar-refractivity contribution in [2.24, 2.45) is 0 Å². The molecule has 16 heavy (non-hydrogen) atoms. The Labute approximate surface area is 96.2 Å². The molecule has 0 saturated carbocycles. The van der Waals surface area contributed by atoms with Crippen LogP contribution in [0.1, 0.15) is 39.2 Å². The first-order valence-corrected chi connectivity index (χ1v) is 5.64. The maximum absolute atomic E-state index is 11.9. The van der Waals surface area contributed by atoms with Crippen LogP contribution in [0.3, 0.4) is 0 Å². The first-order valence-electron chi connectivity index (χ1n) is 5.64. The minimum Gasteiger partial charge on any atom is -0.370 e. The summed E-state index contributed by atoms with van der Waals surface area (Å²) in [5, 5.41) is 6.27. The summed E-state index contributed by atoms with van der Waals surface area (Å²) in [6.07, 6.45) is 0. The Morgan fingerprint density at radius 3 is 2.56 bits per heavy atom. The summed E-state index contributed by atoms with van der Waals surface area (Å²) in [6, 6.07) is 6.08. The molecule has 3 heteroatoms. The van der Waals surface area contributed by atoms with Crippen LogP contribution in [-0.4, -0.2) is 11.4 Å². The lowest BCUT2D eigenvalue weighted by Crippen LogP contribution is -2.47. The Kier molecular flexibility index (Phi) is 2.41. The second-order valence-electron chi connectivity index (χ2n) is 5.13. The molecule has 1 amide bonds. The van der Waals surface area contributed by atoms with E-state index in [1.54, 1.807) is 0 Å². The van der Waals surface area contributed by atoms with Gasteiger partial charge in [-0.1, -0.05) is 26.0 Å². The Morgan fingerprint density at radius 2 is 1.94 bits per heavy atom. The summed E-state index contributed by atoms with van der Waals surface area (Å²) >= 11 is 0. The Hall–Kier alpha value is -1.51. The second-order valence-corrected chi connectivity index (χ2v) is 5.13. The Bertz CT molecular complexity index is 436. The molecule has 1 aromatic carbocycles. The summed E-state index contributed by atoms with van der Waals surface area (Å²) in [7, 11) is 0. The van der Waals surface area contributed by atoms with Crippen LogP contribution in [0.4, 0.5) is 11.4 Å².